The Morgan fingerprint density at radius 1 is 1.08 bits per heavy atom. The first-order valence-corrected chi connectivity index (χ1v) is 9.29. The largest absolute Gasteiger partial charge is 0.491 e. The number of rotatable bonds is 4. The molecule has 0 amide bonds. The quantitative estimate of drug-likeness (QED) is 0.656. The van der Waals surface area contributed by atoms with E-state index in [4.69, 9.17) is 27.9 Å². The molecule has 0 atom stereocenters. The first-order chi connectivity index (χ1) is 11.4. The summed E-state index contributed by atoms with van der Waals surface area (Å²) in [5.41, 5.74) is 0.921. The van der Waals surface area contributed by atoms with E-state index in [1.54, 1.807) is 25.1 Å². The van der Waals surface area contributed by atoms with Crippen molar-refractivity contribution < 1.29 is 13.2 Å². The molecule has 24 heavy (non-hydrogen) atoms. The van der Waals surface area contributed by atoms with Gasteiger partial charge in [-0.2, -0.15) is 0 Å². The molecule has 125 valence electrons. The van der Waals surface area contributed by atoms with E-state index < -0.39 is 10.0 Å². The summed E-state index contributed by atoms with van der Waals surface area (Å²) in [7, 11) is -3.83. The standard InChI is InChI=1S/C17H14Cl2NO3S/c1-3-23-17-11(2)20(16-10-13(19)6-9-15(16)17)24(21,22)14-7-4-12(18)5-8-14/h4-10H,1,3H2,2H3. The number of hydrogen-bond acceptors (Lipinski definition) is 3. The summed E-state index contributed by atoms with van der Waals surface area (Å²) < 4.78 is 33.0. The van der Waals surface area contributed by atoms with Crippen LogP contribution in [-0.2, 0) is 10.0 Å². The van der Waals surface area contributed by atoms with Gasteiger partial charge in [0.1, 0.15) is 5.75 Å². The molecule has 1 radical (unpaired) electrons. The highest BCUT2D eigenvalue weighted by Gasteiger charge is 2.25. The first kappa shape index (κ1) is 17.1. The Labute approximate surface area is 150 Å². The zero-order valence-corrected chi connectivity index (χ0v) is 15.1. The molecule has 2 aromatic carbocycles. The smallest absolute Gasteiger partial charge is 0.268 e. The van der Waals surface area contributed by atoms with Crippen LogP contribution in [0.2, 0.25) is 10.0 Å². The molecular formula is C17H14Cl2NO3S. The van der Waals surface area contributed by atoms with Gasteiger partial charge in [0, 0.05) is 15.4 Å². The summed E-state index contributed by atoms with van der Waals surface area (Å²) in [5.74, 6) is 0.481. The predicted octanol–water partition coefficient (Wildman–Crippen LogP) is 4.71. The minimum Gasteiger partial charge on any atom is -0.491 e. The van der Waals surface area contributed by atoms with E-state index in [1.807, 2.05) is 0 Å². The van der Waals surface area contributed by atoms with Crippen molar-refractivity contribution in [2.45, 2.75) is 11.8 Å². The van der Waals surface area contributed by atoms with E-state index in [9.17, 15) is 8.42 Å². The molecule has 0 fully saturated rings. The average Bonchev–Trinajstić information content (AvgIpc) is 2.80. The Hall–Kier alpha value is -1.69. The van der Waals surface area contributed by atoms with Crippen LogP contribution in [0.25, 0.3) is 10.9 Å². The second kappa shape index (κ2) is 6.31. The first-order valence-electron chi connectivity index (χ1n) is 7.10. The third-order valence-electron chi connectivity index (χ3n) is 3.65. The van der Waals surface area contributed by atoms with Crippen molar-refractivity contribution in [2.75, 3.05) is 6.61 Å². The lowest BCUT2D eigenvalue weighted by molar-refractivity contribution is 0.362. The molecule has 0 aliphatic heterocycles. The fourth-order valence-corrected chi connectivity index (χ4v) is 4.48. The number of aromatic nitrogens is 1. The number of benzene rings is 2. The molecule has 0 bridgehead atoms. The third kappa shape index (κ3) is 2.77. The van der Waals surface area contributed by atoms with Crippen LogP contribution in [0.3, 0.4) is 0 Å². The minimum atomic E-state index is -3.83. The highest BCUT2D eigenvalue weighted by Crippen LogP contribution is 2.37. The van der Waals surface area contributed by atoms with Gasteiger partial charge in [-0.25, -0.2) is 12.4 Å². The van der Waals surface area contributed by atoms with Gasteiger partial charge < -0.3 is 4.74 Å². The van der Waals surface area contributed by atoms with Crippen LogP contribution in [0.1, 0.15) is 5.69 Å². The molecule has 7 heteroatoms. The summed E-state index contributed by atoms with van der Waals surface area (Å²) in [6, 6.07) is 11.0. The van der Waals surface area contributed by atoms with E-state index in [0.29, 0.717) is 32.4 Å². The average molecular weight is 383 g/mol. The lowest BCUT2D eigenvalue weighted by atomic mass is 10.2. The van der Waals surface area contributed by atoms with Gasteiger partial charge >= 0.3 is 0 Å². The maximum absolute atomic E-state index is 13.1. The van der Waals surface area contributed by atoms with Gasteiger partial charge in [-0.05, 0) is 56.3 Å². The topological polar surface area (TPSA) is 48.3 Å². The Kier molecular flexibility index (Phi) is 4.51. The molecule has 0 aliphatic rings. The zero-order chi connectivity index (χ0) is 17.5. The van der Waals surface area contributed by atoms with Gasteiger partial charge in [0.15, 0.2) is 0 Å². The van der Waals surface area contributed by atoms with Crippen LogP contribution >= 0.6 is 23.2 Å². The maximum Gasteiger partial charge on any atom is 0.268 e. The van der Waals surface area contributed by atoms with Crippen LogP contribution in [0.5, 0.6) is 5.75 Å². The maximum atomic E-state index is 13.1. The number of halogens is 2. The van der Waals surface area contributed by atoms with Crippen molar-refractivity contribution in [1.29, 1.82) is 0 Å². The summed E-state index contributed by atoms with van der Waals surface area (Å²) in [5, 5.41) is 1.57. The summed E-state index contributed by atoms with van der Waals surface area (Å²) in [6.45, 7) is 5.54. The van der Waals surface area contributed by atoms with Crippen molar-refractivity contribution in [1.82, 2.24) is 3.97 Å². The minimum absolute atomic E-state index is 0.132. The Morgan fingerprint density at radius 3 is 2.33 bits per heavy atom. The van der Waals surface area contributed by atoms with Crippen molar-refractivity contribution in [3.63, 3.8) is 0 Å². The van der Waals surface area contributed by atoms with Gasteiger partial charge in [0.2, 0.25) is 0 Å². The fraction of sp³-hybridized carbons (Fsp3) is 0.118. The molecule has 0 N–H and O–H groups in total. The molecule has 0 aliphatic carbocycles. The molecule has 4 nitrogen and oxygen atoms in total. The van der Waals surface area contributed by atoms with Crippen LogP contribution in [-0.4, -0.2) is 19.0 Å². The van der Waals surface area contributed by atoms with Crippen molar-refractivity contribution in [3.05, 3.63) is 65.1 Å². The van der Waals surface area contributed by atoms with E-state index in [2.05, 4.69) is 6.92 Å². The second-order valence-electron chi connectivity index (χ2n) is 5.15. The summed E-state index contributed by atoms with van der Waals surface area (Å²) >= 11 is 11.9. The number of fused-ring (bicyclic) bond motifs is 1. The Balaban J connectivity index is 2.34. The van der Waals surface area contributed by atoms with Gasteiger partial charge in [0.25, 0.3) is 10.0 Å². The van der Waals surface area contributed by atoms with Crippen LogP contribution in [0, 0.1) is 13.8 Å². The second-order valence-corrected chi connectivity index (χ2v) is 7.81. The highest BCUT2D eigenvalue weighted by atomic mass is 35.5. The Bertz CT molecular complexity index is 1010. The number of nitrogens with zero attached hydrogens (tertiary/aromatic N) is 1. The molecule has 0 unspecified atom stereocenters. The van der Waals surface area contributed by atoms with Crippen LogP contribution in [0.15, 0.2) is 47.4 Å². The number of hydrogen-bond donors (Lipinski definition) is 0. The van der Waals surface area contributed by atoms with Gasteiger partial charge in [-0.1, -0.05) is 23.2 Å². The lowest BCUT2D eigenvalue weighted by Gasteiger charge is -2.10. The Morgan fingerprint density at radius 2 is 1.71 bits per heavy atom. The SMILES string of the molecule is [CH2]COc1c(C)n(S(=O)(=O)c2ccc(Cl)cc2)c2cc(Cl)ccc12. The zero-order valence-electron chi connectivity index (χ0n) is 12.8. The van der Waals surface area contributed by atoms with E-state index in [1.165, 1.54) is 28.2 Å². The van der Waals surface area contributed by atoms with Crippen molar-refractivity contribution in [2.24, 2.45) is 0 Å². The van der Waals surface area contributed by atoms with Gasteiger partial charge in [0.05, 0.1) is 22.7 Å². The molecular weight excluding hydrogens is 369 g/mol. The molecule has 0 spiro atoms. The van der Waals surface area contributed by atoms with Crippen molar-refractivity contribution in [3.8, 4) is 5.75 Å². The van der Waals surface area contributed by atoms with Crippen molar-refractivity contribution >= 4 is 44.1 Å². The van der Waals surface area contributed by atoms with Gasteiger partial charge in [-0.15, -0.1) is 0 Å². The van der Waals surface area contributed by atoms with E-state index in [0.717, 1.165) is 0 Å². The summed E-state index contributed by atoms with van der Waals surface area (Å²) in [6.07, 6.45) is 0. The normalized spacial score (nSPS) is 11.8. The summed E-state index contributed by atoms with van der Waals surface area (Å²) in [4.78, 5) is 0.132. The molecule has 0 saturated carbocycles. The molecule has 0 saturated heterocycles. The monoisotopic (exact) mass is 382 g/mol. The van der Waals surface area contributed by atoms with E-state index >= 15 is 0 Å². The third-order valence-corrected chi connectivity index (χ3v) is 5.96. The predicted molar refractivity (Wildman–Crippen MR) is 96.6 cm³/mol. The van der Waals surface area contributed by atoms with Crippen LogP contribution < -0.4 is 4.74 Å². The molecule has 3 rings (SSSR count). The van der Waals surface area contributed by atoms with E-state index in [-0.39, 0.29) is 11.5 Å². The highest BCUT2D eigenvalue weighted by molar-refractivity contribution is 7.90. The number of ether oxygens (including phenoxy) is 1. The fourth-order valence-electron chi connectivity index (χ4n) is 2.64. The molecule has 3 aromatic rings. The van der Waals surface area contributed by atoms with Gasteiger partial charge in [-0.3, -0.25) is 0 Å². The molecule has 1 heterocycles. The molecule has 1 aromatic heterocycles. The lowest BCUT2D eigenvalue weighted by Crippen LogP contribution is -2.14. The van der Waals surface area contributed by atoms with Crippen LogP contribution in [0.4, 0.5) is 0 Å².